The maximum Gasteiger partial charge on any atom is 0.306 e. The Labute approximate surface area is 167 Å². The van der Waals surface area contributed by atoms with Gasteiger partial charge in [-0.15, -0.1) is 0 Å². The SMILES string of the molecule is Cc1cccc(OC[C@H](O)/C=C/[C@@H]2[C@H]3CCCCCCC(=O)O[C@H]3C[C@H]2O)c1. The normalized spacial score (nSPS) is 29.9. The van der Waals surface area contributed by atoms with E-state index in [1.54, 1.807) is 6.08 Å². The van der Waals surface area contributed by atoms with Gasteiger partial charge in [0.15, 0.2) is 0 Å². The Bertz CT molecular complexity index is 671. The molecule has 2 fully saturated rings. The predicted octanol–water partition coefficient (Wildman–Crippen LogP) is 3.55. The van der Waals surface area contributed by atoms with Gasteiger partial charge in [-0.3, -0.25) is 4.79 Å². The topological polar surface area (TPSA) is 76.0 Å². The number of aliphatic hydroxyl groups excluding tert-OH is 2. The number of fused-ring (bicyclic) bond motifs is 1. The van der Waals surface area contributed by atoms with Gasteiger partial charge in [-0.1, -0.05) is 43.5 Å². The van der Waals surface area contributed by atoms with E-state index in [0.717, 1.165) is 43.4 Å². The third kappa shape index (κ3) is 5.82. The molecule has 5 heteroatoms. The van der Waals surface area contributed by atoms with Gasteiger partial charge in [0, 0.05) is 24.7 Å². The van der Waals surface area contributed by atoms with E-state index >= 15 is 0 Å². The van der Waals surface area contributed by atoms with Gasteiger partial charge in [0.2, 0.25) is 0 Å². The molecule has 0 spiro atoms. The molecule has 1 aliphatic carbocycles. The summed E-state index contributed by atoms with van der Waals surface area (Å²) in [5.74, 6) is 0.581. The van der Waals surface area contributed by atoms with Gasteiger partial charge >= 0.3 is 5.97 Å². The van der Waals surface area contributed by atoms with Crippen LogP contribution >= 0.6 is 0 Å². The summed E-state index contributed by atoms with van der Waals surface area (Å²) in [6.45, 7) is 2.15. The standard InChI is InChI=1S/C23H32O5/c1-16-7-6-8-18(13-16)27-15-17(24)11-12-19-20-9-4-2-3-5-10-23(26)28-22(20)14-21(19)25/h6-8,11-13,17,19-22,24-25H,2-5,9-10,14-15H2,1H3/b12-11+/t17-,19-,20-,21-,22+/m1/s1. The Kier molecular flexibility index (Phi) is 7.51. The average Bonchev–Trinajstić information content (AvgIpc) is 2.95. The summed E-state index contributed by atoms with van der Waals surface area (Å²) in [6.07, 6.45) is 8.04. The lowest BCUT2D eigenvalue weighted by atomic mass is 9.87. The highest BCUT2D eigenvalue weighted by Crippen LogP contribution is 2.39. The number of aliphatic hydroxyl groups is 2. The fourth-order valence-corrected chi connectivity index (χ4v) is 4.32. The fourth-order valence-electron chi connectivity index (χ4n) is 4.32. The van der Waals surface area contributed by atoms with Crippen molar-refractivity contribution in [2.75, 3.05) is 6.61 Å². The van der Waals surface area contributed by atoms with E-state index in [0.29, 0.717) is 12.8 Å². The minimum atomic E-state index is -0.756. The van der Waals surface area contributed by atoms with Crippen LogP contribution in [0.25, 0.3) is 0 Å². The van der Waals surface area contributed by atoms with Gasteiger partial charge in [-0.05, 0) is 37.5 Å². The average molecular weight is 389 g/mol. The molecule has 0 aromatic heterocycles. The van der Waals surface area contributed by atoms with E-state index in [9.17, 15) is 15.0 Å². The molecule has 1 aromatic rings. The summed E-state index contributed by atoms with van der Waals surface area (Å²) in [5, 5.41) is 20.8. The summed E-state index contributed by atoms with van der Waals surface area (Å²) < 4.78 is 11.3. The van der Waals surface area contributed by atoms with Crippen LogP contribution in [-0.4, -0.2) is 41.1 Å². The highest BCUT2D eigenvalue weighted by Gasteiger charge is 2.43. The maximum absolute atomic E-state index is 12.0. The third-order valence-corrected chi connectivity index (χ3v) is 5.81. The van der Waals surface area contributed by atoms with Gasteiger partial charge in [-0.25, -0.2) is 0 Å². The van der Waals surface area contributed by atoms with Gasteiger partial charge in [0.05, 0.1) is 6.10 Å². The van der Waals surface area contributed by atoms with Crippen LogP contribution in [0.2, 0.25) is 0 Å². The molecule has 1 saturated heterocycles. The molecule has 0 unspecified atom stereocenters. The number of hydrogen-bond acceptors (Lipinski definition) is 5. The van der Waals surface area contributed by atoms with Gasteiger partial charge < -0.3 is 19.7 Å². The monoisotopic (exact) mass is 388 g/mol. The van der Waals surface area contributed by atoms with Crippen LogP contribution in [0.5, 0.6) is 5.75 Å². The molecule has 1 saturated carbocycles. The maximum atomic E-state index is 12.0. The van der Waals surface area contributed by atoms with Crippen molar-refractivity contribution in [3.8, 4) is 5.75 Å². The molecular weight excluding hydrogens is 356 g/mol. The summed E-state index contributed by atoms with van der Waals surface area (Å²) >= 11 is 0. The fraction of sp³-hybridized carbons (Fsp3) is 0.609. The first-order chi connectivity index (χ1) is 13.5. The second kappa shape index (κ2) is 10.1. The summed E-state index contributed by atoms with van der Waals surface area (Å²) in [4.78, 5) is 12.0. The number of hydrogen-bond donors (Lipinski definition) is 2. The first kappa shape index (κ1) is 20.9. The minimum absolute atomic E-state index is 0.106. The molecule has 154 valence electrons. The van der Waals surface area contributed by atoms with Crippen LogP contribution in [0.4, 0.5) is 0 Å². The smallest absolute Gasteiger partial charge is 0.306 e. The number of carbonyl (C=O) groups is 1. The molecule has 5 nitrogen and oxygen atoms in total. The molecule has 2 N–H and O–H groups in total. The number of aryl methyl sites for hydroxylation is 1. The summed E-state index contributed by atoms with van der Waals surface area (Å²) in [5.41, 5.74) is 1.10. The zero-order valence-electron chi connectivity index (χ0n) is 16.6. The number of benzene rings is 1. The zero-order valence-corrected chi connectivity index (χ0v) is 16.6. The Morgan fingerprint density at radius 2 is 2.11 bits per heavy atom. The zero-order chi connectivity index (χ0) is 19.9. The lowest BCUT2D eigenvalue weighted by molar-refractivity contribution is -0.151. The summed E-state index contributed by atoms with van der Waals surface area (Å²) in [6, 6.07) is 7.70. The van der Waals surface area contributed by atoms with Crippen LogP contribution in [0.1, 0.15) is 50.5 Å². The molecule has 1 aromatic carbocycles. The molecule has 5 atom stereocenters. The van der Waals surface area contributed by atoms with Crippen LogP contribution in [0, 0.1) is 18.8 Å². The van der Waals surface area contributed by atoms with Gasteiger partial charge in [-0.2, -0.15) is 0 Å². The van der Waals surface area contributed by atoms with E-state index in [4.69, 9.17) is 9.47 Å². The van der Waals surface area contributed by atoms with E-state index in [-0.39, 0.29) is 30.5 Å². The number of ether oxygens (including phenoxy) is 2. The van der Waals surface area contributed by atoms with E-state index < -0.39 is 12.2 Å². The van der Waals surface area contributed by atoms with Crippen molar-refractivity contribution >= 4 is 5.97 Å². The first-order valence-corrected chi connectivity index (χ1v) is 10.5. The van der Waals surface area contributed by atoms with Crippen molar-refractivity contribution in [1.82, 2.24) is 0 Å². The largest absolute Gasteiger partial charge is 0.491 e. The van der Waals surface area contributed by atoms with Crippen molar-refractivity contribution in [2.24, 2.45) is 11.8 Å². The van der Waals surface area contributed by atoms with Crippen LogP contribution < -0.4 is 4.74 Å². The lowest BCUT2D eigenvalue weighted by Crippen LogP contribution is -2.26. The Hall–Kier alpha value is -1.85. The molecule has 0 amide bonds. The van der Waals surface area contributed by atoms with Crippen molar-refractivity contribution in [3.63, 3.8) is 0 Å². The van der Waals surface area contributed by atoms with E-state index in [2.05, 4.69) is 0 Å². The third-order valence-electron chi connectivity index (χ3n) is 5.81. The molecule has 2 aliphatic rings. The van der Waals surface area contributed by atoms with Gasteiger partial charge in [0.25, 0.3) is 0 Å². The number of rotatable bonds is 5. The van der Waals surface area contributed by atoms with Crippen LogP contribution in [-0.2, 0) is 9.53 Å². The second-order valence-corrected chi connectivity index (χ2v) is 8.11. The second-order valence-electron chi connectivity index (χ2n) is 8.11. The first-order valence-electron chi connectivity index (χ1n) is 10.5. The molecular formula is C23H32O5. The van der Waals surface area contributed by atoms with Crippen molar-refractivity contribution < 1.29 is 24.5 Å². The number of esters is 1. The molecule has 1 aliphatic heterocycles. The minimum Gasteiger partial charge on any atom is -0.491 e. The van der Waals surface area contributed by atoms with Crippen LogP contribution in [0.15, 0.2) is 36.4 Å². The molecule has 1 heterocycles. The molecule has 28 heavy (non-hydrogen) atoms. The Balaban J connectivity index is 1.58. The highest BCUT2D eigenvalue weighted by atomic mass is 16.5. The highest BCUT2D eigenvalue weighted by molar-refractivity contribution is 5.69. The summed E-state index contributed by atoms with van der Waals surface area (Å²) in [7, 11) is 0. The van der Waals surface area contributed by atoms with Crippen LogP contribution in [0.3, 0.4) is 0 Å². The number of carbonyl (C=O) groups excluding carboxylic acids is 1. The predicted molar refractivity (Wildman–Crippen MR) is 107 cm³/mol. The Morgan fingerprint density at radius 1 is 1.29 bits per heavy atom. The molecule has 3 rings (SSSR count). The van der Waals surface area contributed by atoms with E-state index in [1.807, 2.05) is 37.3 Å². The van der Waals surface area contributed by atoms with E-state index in [1.165, 1.54) is 0 Å². The molecule has 0 radical (unpaired) electrons. The lowest BCUT2D eigenvalue weighted by Gasteiger charge is -2.25. The quantitative estimate of drug-likeness (QED) is 0.596. The molecule has 0 bridgehead atoms. The Morgan fingerprint density at radius 3 is 2.93 bits per heavy atom. The van der Waals surface area contributed by atoms with Gasteiger partial charge in [0.1, 0.15) is 24.6 Å². The van der Waals surface area contributed by atoms with Crippen molar-refractivity contribution in [1.29, 1.82) is 0 Å². The van der Waals surface area contributed by atoms with Crippen molar-refractivity contribution in [2.45, 2.75) is 70.2 Å². The van der Waals surface area contributed by atoms with Crippen molar-refractivity contribution in [3.05, 3.63) is 42.0 Å².